The second-order valence-corrected chi connectivity index (χ2v) is 10.8. The van der Waals surface area contributed by atoms with Crippen molar-refractivity contribution < 1.29 is 14.3 Å². The minimum Gasteiger partial charge on any atom is -0.450 e. The number of allylic oxidation sites excluding steroid dienone is 1. The van der Waals surface area contributed by atoms with Crippen LogP contribution in [0.2, 0.25) is 0 Å². The van der Waals surface area contributed by atoms with Crippen LogP contribution in [0.3, 0.4) is 0 Å². The van der Waals surface area contributed by atoms with E-state index in [2.05, 4.69) is 26.0 Å². The lowest BCUT2D eigenvalue weighted by Crippen LogP contribution is -2.33. The number of aryl methyl sites for hydroxylation is 3. The molecule has 160 valence electrons. The van der Waals surface area contributed by atoms with Gasteiger partial charge in [-0.25, -0.2) is 4.79 Å². The Kier molecular flexibility index (Phi) is 5.22. The van der Waals surface area contributed by atoms with Crippen LogP contribution in [0.1, 0.15) is 61.8 Å². The molecule has 1 heterocycles. The van der Waals surface area contributed by atoms with E-state index in [0.29, 0.717) is 24.0 Å². The lowest BCUT2D eigenvalue weighted by Gasteiger charge is -2.25. The zero-order chi connectivity index (χ0) is 22.0. The normalized spacial score (nSPS) is 26.2. The molecule has 0 N–H and O–H groups in total. The maximum absolute atomic E-state index is 14.0. The predicted molar refractivity (Wildman–Crippen MR) is 120 cm³/mol. The molecule has 4 rings (SSSR count). The third kappa shape index (κ3) is 3.26. The summed E-state index contributed by atoms with van der Waals surface area (Å²) >= 11 is 11.8. The third-order valence-corrected chi connectivity index (χ3v) is 7.53. The lowest BCUT2D eigenvalue weighted by molar-refractivity contribution is -0.145. The summed E-state index contributed by atoms with van der Waals surface area (Å²) in [6, 6.07) is 4.12. The van der Waals surface area contributed by atoms with Gasteiger partial charge in [-0.2, -0.15) is 0 Å². The topological polar surface area (TPSA) is 43.4 Å². The zero-order valence-electron chi connectivity index (χ0n) is 18.2. The first-order valence-electron chi connectivity index (χ1n) is 10.6. The van der Waals surface area contributed by atoms with Crippen molar-refractivity contribution in [3.05, 3.63) is 50.5 Å². The molecule has 1 aromatic carbocycles. The fourth-order valence-corrected chi connectivity index (χ4v) is 6.11. The van der Waals surface area contributed by atoms with Gasteiger partial charge < -0.3 is 4.74 Å². The number of hydrogen-bond acceptors (Lipinski definition) is 3. The molecule has 2 saturated carbocycles. The van der Waals surface area contributed by atoms with E-state index in [1.54, 1.807) is 6.08 Å². The Hall–Kier alpha value is -1.58. The van der Waals surface area contributed by atoms with Crippen LogP contribution in [0.4, 0.5) is 0 Å². The molecule has 2 aliphatic carbocycles. The highest BCUT2D eigenvalue weighted by Crippen LogP contribution is 2.63. The molecule has 3 nitrogen and oxygen atoms in total. The number of carbonyl (C=O) groups excluding carboxylic acids is 2. The van der Waals surface area contributed by atoms with Crippen molar-refractivity contribution in [2.75, 3.05) is 0 Å². The van der Waals surface area contributed by atoms with Gasteiger partial charge in [-0.1, -0.05) is 54.7 Å². The molecule has 0 amide bonds. The van der Waals surface area contributed by atoms with Gasteiger partial charge >= 0.3 is 5.97 Å². The van der Waals surface area contributed by atoms with Gasteiger partial charge in [0.1, 0.15) is 10.1 Å². The number of esters is 1. The van der Waals surface area contributed by atoms with Crippen molar-refractivity contribution in [3.63, 3.8) is 0 Å². The zero-order valence-corrected chi connectivity index (χ0v) is 19.7. The van der Waals surface area contributed by atoms with Gasteiger partial charge in [0, 0.05) is 5.92 Å². The van der Waals surface area contributed by atoms with E-state index < -0.39 is 5.60 Å². The van der Waals surface area contributed by atoms with E-state index >= 15 is 0 Å². The molecule has 1 aliphatic heterocycles. The minimum absolute atomic E-state index is 0.0120. The molecule has 5 heteroatoms. The molecular weight excluding hydrogens is 419 g/mol. The van der Waals surface area contributed by atoms with Crippen molar-refractivity contribution in [1.29, 1.82) is 0 Å². The first-order valence-corrected chi connectivity index (χ1v) is 11.4. The number of ketones is 1. The first kappa shape index (κ1) is 21.6. The number of Topliss-reactive ketones (excluding diaryl/α,β-unsaturated/α-hetero) is 1. The number of ether oxygens (including phenoxy) is 1. The fourth-order valence-electron chi connectivity index (χ4n) is 5.84. The Balaban J connectivity index is 1.91. The number of carbonyl (C=O) groups is 2. The summed E-state index contributed by atoms with van der Waals surface area (Å²) in [6.45, 7) is 10.1. The molecule has 30 heavy (non-hydrogen) atoms. The lowest BCUT2D eigenvalue weighted by atomic mass is 9.81. The Labute approximate surface area is 188 Å². The number of hydrogen-bond donors (Lipinski definition) is 0. The average molecular weight is 447 g/mol. The van der Waals surface area contributed by atoms with E-state index in [9.17, 15) is 9.59 Å². The van der Waals surface area contributed by atoms with E-state index in [0.717, 1.165) is 35.1 Å². The van der Waals surface area contributed by atoms with E-state index in [-0.39, 0.29) is 33.5 Å². The summed E-state index contributed by atoms with van der Waals surface area (Å²) in [6.07, 6.45) is 5.07. The molecule has 0 saturated heterocycles. The summed E-state index contributed by atoms with van der Waals surface area (Å²) in [5.41, 5.74) is 3.98. The summed E-state index contributed by atoms with van der Waals surface area (Å²) in [7, 11) is 0. The van der Waals surface area contributed by atoms with Crippen LogP contribution in [0.25, 0.3) is 5.57 Å². The van der Waals surface area contributed by atoms with Gasteiger partial charge in [0.05, 0.1) is 11.1 Å². The van der Waals surface area contributed by atoms with Crippen LogP contribution in [-0.2, 0) is 14.3 Å². The Morgan fingerprint density at radius 1 is 1.10 bits per heavy atom. The van der Waals surface area contributed by atoms with Gasteiger partial charge in [-0.05, 0) is 80.6 Å². The van der Waals surface area contributed by atoms with Gasteiger partial charge in [0.25, 0.3) is 0 Å². The average Bonchev–Trinajstić information content (AvgIpc) is 2.95. The third-order valence-electron chi connectivity index (χ3n) is 7.28. The molecule has 2 atom stereocenters. The summed E-state index contributed by atoms with van der Waals surface area (Å²) in [4.78, 5) is 27.2. The number of rotatable bonds is 4. The summed E-state index contributed by atoms with van der Waals surface area (Å²) in [5, 5.41) is 0. The van der Waals surface area contributed by atoms with Crippen LogP contribution in [-0.4, -0.2) is 17.4 Å². The highest BCUT2D eigenvalue weighted by atomic mass is 35.5. The monoisotopic (exact) mass is 446 g/mol. The van der Waals surface area contributed by atoms with E-state index in [1.807, 2.05) is 20.8 Å². The number of halogens is 2. The van der Waals surface area contributed by atoms with Gasteiger partial charge in [0.15, 0.2) is 5.78 Å². The van der Waals surface area contributed by atoms with Gasteiger partial charge in [0.2, 0.25) is 0 Å². The Morgan fingerprint density at radius 2 is 1.67 bits per heavy atom. The summed E-state index contributed by atoms with van der Waals surface area (Å²) in [5.74, 6) is -0.652. The fraction of sp³-hybridized carbons (Fsp3) is 0.520. The highest BCUT2D eigenvalue weighted by Gasteiger charge is 2.64. The maximum Gasteiger partial charge on any atom is 0.340 e. The quantitative estimate of drug-likeness (QED) is 0.502. The van der Waals surface area contributed by atoms with Gasteiger partial charge in [-0.15, -0.1) is 0 Å². The van der Waals surface area contributed by atoms with E-state index in [1.165, 1.54) is 0 Å². The van der Waals surface area contributed by atoms with Crippen molar-refractivity contribution in [1.82, 2.24) is 0 Å². The Bertz CT molecular complexity index is 982. The van der Waals surface area contributed by atoms with Crippen LogP contribution in [0.5, 0.6) is 0 Å². The molecule has 0 aromatic heterocycles. The van der Waals surface area contributed by atoms with Crippen molar-refractivity contribution in [3.8, 4) is 0 Å². The van der Waals surface area contributed by atoms with Crippen LogP contribution in [0, 0.1) is 38.0 Å². The van der Waals surface area contributed by atoms with Crippen LogP contribution < -0.4 is 0 Å². The SMILES string of the molecule is Cc1cc(C)c(C2=C(C(=O)C3C(C=C(Cl)Cl)C3(C)C)C3(CCCC3)OC2=O)c(C)c1. The molecule has 2 unspecified atom stereocenters. The van der Waals surface area contributed by atoms with Crippen molar-refractivity contribution in [2.24, 2.45) is 17.3 Å². The number of benzene rings is 1. The molecule has 0 radical (unpaired) electrons. The highest BCUT2D eigenvalue weighted by molar-refractivity contribution is 6.55. The molecular formula is C25H28Cl2O3. The summed E-state index contributed by atoms with van der Waals surface area (Å²) < 4.78 is 6.19. The van der Waals surface area contributed by atoms with E-state index in [4.69, 9.17) is 27.9 Å². The molecule has 2 fully saturated rings. The second-order valence-electron chi connectivity index (χ2n) is 9.76. The maximum atomic E-state index is 14.0. The second kappa shape index (κ2) is 7.24. The van der Waals surface area contributed by atoms with Crippen LogP contribution in [0.15, 0.2) is 28.3 Å². The predicted octanol–water partition coefficient (Wildman–Crippen LogP) is 6.40. The van der Waals surface area contributed by atoms with Gasteiger partial charge in [-0.3, -0.25) is 4.79 Å². The smallest absolute Gasteiger partial charge is 0.340 e. The molecule has 3 aliphatic rings. The minimum atomic E-state index is -0.787. The molecule has 1 aromatic rings. The molecule has 0 bridgehead atoms. The molecule has 1 spiro atoms. The largest absolute Gasteiger partial charge is 0.450 e. The first-order chi connectivity index (χ1) is 14.0. The standard InChI is InChI=1S/C25H28Cl2O3/c1-13-10-14(2)18(15(3)11-13)19-21(25(30-23(19)29)8-6-7-9-25)22(28)20-16(12-17(26)27)24(20,4)5/h10-12,16,20H,6-9H2,1-5H3. The Morgan fingerprint density at radius 3 is 2.20 bits per heavy atom. The van der Waals surface area contributed by atoms with Crippen molar-refractivity contribution in [2.45, 2.75) is 65.9 Å². The van der Waals surface area contributed by atoms with Crippen LogP contribution >= 0.6 is 23.2 Å². The van der Waals surface area contributed by atoms with Crippen molar-refractivity contribution >= 4 is 40.5 Å².